The Morgan fingerprint density at radius 2 is 1.51 bits per heavy atom. The van der Waals surface area contributed by atoms with E-state index in [9.17, 15) is 14.4 Å². The summed E-state index contributed by atoms with van der Waals surface area (Å²) in [4.78, 5) is 43.7. The first kappa shape index (κ1) is 27.8. The SMILES string of the molecule is CC(C)N(CCNC(=O)c1ccc(C(=O)Nc2ccccc2NC(=O)OC(C)(C)C)nc1)C(C)C. The number of amides is 3. The fourth-order valence-corrected chi connectivity index (χ4v) is 3.48. The first-order valence-corrected chi connectivity index (χ1v) is 11.8. The van der Waals surface area contributed by atoms with Crippen LogP contribution in [0.4, 0.5) is 16.2 Å². The molecule has 35 heavy (non-hydrogen) atoms. The Bertz CT molecular complexity index is 1010. The number of hydrogen-bond donors (Lipinski definition) is 3. The second-order valence-electron chi connectivity index (χ2n) is 9.74. The molecule has 3 N–H and O–H groups in total. The van der Waals surface area contributed by atoms with Crippen LogP contribution in [0.1, 0.15) is 69.3 Å². The van der Waals surface area contributed by atoms with Crippen molar-refractivity contribution in [3.8, 4) is 0 Å². The lowest BCUT2D eigenvalue weighted by atomic mass is 10.2. The second kappa shape index (κ2) is 12.3. The number of rotatable bonds is 9. The quantitative estimate of drug-likeness (QED) is 0.483. The molecule has 3 amide bonds. The zero-order valence-corrected chi connectivity index (χ0v) is 21.6. The summed E-state index contributed by atoms with van der Waals surface area (Å²) >= 11 is 0. The predicted octanol–water partition coefficient (Wildman–Crippen LogP) is 4.53. The van der Waals surface area contributed by atoms with Crippen LogP contribution in [0, 0.1) is 0 Å². The highest BCUT2D eigenvalue weighted by molar-refractivity contribution is 6.06. The van der Waals surface area contributed by atoms with E-state index in [4.69, 9.17) is 4.74 Å². The summed E-state index contributed by atoms with van der Waals surface area (Å²) in [5, 5.41) is 8.27. The molecular formula is C26H37N5O4. The third-order valence-corrected chi connectivity index (χ3v) is 5.05. The van der Waals surface area contributed by atoms with Crippen molar-refractivity contribution in [2.75, 3.05) is 23.7 Å². The van der Waals surface area contributed by atoms with Crippen molar-refractivity contribution in [1.82, 2.24) is 15.2 Å². The van der Waals surface area contributed by atoms with Gasteiger partial charge in [-0.05, 0) is 72.7 Å². The predicted molar refractivity (Wildman–Crippen MR) is 138 cm³/mol. The maximum Gasteiger partial charge on any atom is 0.412 e. The van der Waals surface area contributed by atoms with Gasteiger partial charge in [-0.2, -0.15) is 0 Å². The molecule has 9 heteroatoms. The van der Waals surface area contributed by atoms with E-state index in [0.29, 0.717) is 35.6 Å². The molecule has 2 aromatic rings. The molecule has 0 aliphatic carbocycles. The van der Waals surface area contributed by atoms with E-state index in [1.54, 1.807) is 51.1 Å². The molecule has 0 bridgehead atoms. The van der Waals surface area contributed by atoms with Gasteiger partial charge < -0.3 is 15.4 Å². The maximum atomic E-state index is 12.7. The Morgan fingerprint density at radius 3 is 2.03 bits per heavy atom. The lowest BCUT2D eigenvalue weighted by molar-refractivity contribution is 0.0635. The molecule has 0 saturated carbocycles. The van der Waals surface area contributed by atoms with Gasteiger partial charge >= 0.3 is 6.09 Å². The average Bonchev–Trinajstić information content (AvgIpc) is 2.76. The molecule has 0 saturated heterocycles. The summed E-state index contributed by atoms with van der Waals surface area (Å²) in [6, 6.07) is 10.6. The number of nitrogens with one attached hydrogen (secondary N) is 3. The molecule has 0 aliphatic heterocycles. The highest BCUT2D eigenvalue weighted by atomic mass is 16.6. The average molecular weight is 484 g/mol. The fourth-order valence-electron chi connectivity index (χ4n) is 3.48. The fraction of sp³-hybridized carbons (Fsp3) is 0.462. The van der Waals surface area contributed by atoms with Crippen LogP contribution in [0.15, 0.2) is 42.6 Å². The molecule has 9 nitrogen and oxygen atoms in total. The van der Waals surface area contributed by atoms with E-state index in [-0.39, 0.29) is 11.6 Å². The Labute approximate surface area is 207 Å². The highest BCUT2D eigenvalue weighted by Crippen LogP contribution is 2.22. The third-order valence-electron chi connectivity index (χ3n) is 5.05. The van der Waals surface area contributed by atoms with Crippen molar-refractivity contribution in [1.29, 1.82) is 0 Å². The van der Waals surface area contributed by atoms with Crippen LogP contribution in [0.2, 0.25) is 0 Å². The van der Waals surface area contributed by atoms with Crippen molar-refractivity contribution in [2.24, 2.45) is 0 Å². The van der Waals surface area contributed by atoms with E-state index in [0.717, 1.165) is 6.54 Å². The number of carbonyl (C=O) groups excluding carboxylic acids is 3. The minimum absolute atomic E-state index is 0.138. The van der Waals surface area contributed by atoms with Crippen molar-refractivity contribution in [3.63, 3.8) is 0 Å². The van der Waals surface area contributed by atoms with E-state index < -0.39 is 17.6 Å². The summed E-state index contributed by atoms with van der Waals surface area (Å²) in [6.45, 7) is 15.1. The normalized spacial score (nSPS) is 11.5. The monoisotopic (exact) mass is 483 g/mol. The number of aromatic nitrogens is 1. The Morgan fingerprint density at radius 1 is 0.914 bits per heavy atom. The second-order valence-corrected chi connectivity index (χ2v) is 9.74. The Hall–Kier alpha value is -3.46. The van der Waals surface area contributed by atoms with Gasteiger partial charge in [-0.15, -0.1) is 0 Å². The molecule has 1 aromatic carbocycles. The van der Waals surface area contributed by atoms with Gasteiger partial charge in [0.2, 0.25) is 0 Å². The molecule has 2 rings (SSSR count). The molecule has 0 fully saturated rings. The van der Waals surface area contributed by atoms with Crippen molar-refractivity contribution < 1.29 is 19.1 Å². The van der Waals surface area contributed by atoms with Crippen molar-refractivity contribution in [2.45, 2.75) is 66.2 Å². The highest BCUT2D eigenvalue weighted by Gasteiger charge is 2.18. The van der Waals surface area contributed by atoms with Crippen LogP contribution in [-0.4, -0.2) is 58.6 Å². The summed E-state index contributed by atoms with van der Waals surface area (Å²) in [7, 11) is 0. The number of ether oxygens (including phenoxy) is 1. The minimum Gasteiger partial charge on any atom is -0.444 e. The van der Waals surface area contributed by atoms with Gasteiger partial charge in [0.25, 0.3) is 11.8 Å². The van der Waals surface area contributed by atoms with Gasteiger partial charge in [0.15, 0.2) is 0 Å². The van der Waals surface area contributed by atoms with E-state index in [1.165, 1.54) is 12.3 Å². The molecule has 0 radical (unpaired) electrons. The standard InChI is InChI=1S/C26H37N5O4/c1-17(2)31(18(3)4)15-14-27-23(32)19-12-13-22(28-16-19)24(33)29-20-10-8-9-11-21(20)30-25(34)35-26(5,6)7/h8-13,16-18H,14-15H2,1-7H3,(H,27,32)(H,29,33)(H,30,34). The molecule has 0 spiro atoms. The number of nitrogens with zero attached hydrogens (tertiary/aromatic N) is 2. The summed E-state index contributed by atoms with van der Waals surface area (Å²) in [5.41, 5.74) is 0.644. The number of pyridine rings is 1. The van der Waals surface area contributed by atoms with Crippen LogP contribution in [0.3, 0.4) is 0 Å². The van der Waals surface area contributed by atoms with Crippen LogP contribution in [-0.2, 0) is 4.74 Å². The maximum absolute atomic E-state index is 12.7. The number of benzene rings is 1. The van der Waals surface area contributed by atoms with E-state index >= 15 is 0 Å². The molecule has 190 valence electrons. The van der Waals surface area contributed by atoms with Crippen LogP contribution in [0.25, 0.3) is 0 Å². The van der Waals surface area contributed by atoms with Gasteiger partial charge in [-0.1, -0.05) is 12.1 Å². The molecule has 0 unspecified atom stereocenters. The summed E-state index contributed by atoms with van der Waals surface area (Å²) in [5.74, 6) is -0.719. The van der Waals surface area contributed by atoms with Crippen LogP contribution < -0.4 is 16.0 Å². The lowest BCUT2D eigenvalue weighted by Gasteiger charge is -2.30. The van der Waals surface area contributed by atoms with E-state index in [2.05, 4.69) is 53.5 Å². The van der Waals surface area contributed by atoms with E-state index in [1.807, 2.05) is 0 Å². The van der Waals surface area contributed by atoms with Crippen LogP contribution >= 0.6 is 0 Å². The van der Waals surface area contributed by atoms with Gasteiger partial charge in [0, 0.05) is 31.4 Å². The molecule has 1 heterocycles. The lowest BCUT2D eigenvalue weighted by Crippen LogP contribution is -2.42. The molecule has 0 atom stereocenters. The van der Waals surface area contributed by atoms with Gasteiger partial charge in [-0.25, -0.2) is 4.79 Å². The summed E-state index contributed by atoms with van der Waals surface area (Å²) < 4.78 is 5.27. The van der Waals surface area contributed by atoms with Crippen molar-refractivity contribution >= 4 is 29.3 Å². The topological polar surface area (TPSA) is 113 Å². The number of para-hydroxylation sites is 2. The number of carbonyl (C=O) groups is 3. The first-order valence-electron chi connectivity index (χ1n) is 11.8. The third kappa shape index (κ3) is 9.01. The molecule has 1 aromatic heterocycles. The minimum atomic E-state index is -0.650. The Balaban J connectivity index is 1.98. The van der Waals surface area contributed by atoms with Gasteiger partial charge in [-0.3, -0.25) is 24.8 Å². The molecular weight excluding hydrogens is 446 g/mol. The number of hydrogen-bond acceptors (Lipinski definition) is 6. The summed E-state index contributed by atoms with van der Waals surface area (Å²) in [6.07, 6.45) is 0.746. The Kier molecular flexibility index (Phi) is 9.77. The largest absolute Gasteiger partial charge is 0.444 e. The zero-order chi connectivity index (χ0) is 26.2. The van der Waals surface area contributed by atoms with Gasteiger partial charge in [0.05, 0.1) is 16.9 Å². The first-order chi connectivity index (χ1) is 16.4. The smallest absolute Gasteiger partial charge is 0.412 e. The van der Waals surface area contributed by atoms with Gasteiger partial charge in [0.1, 0.15) is 11.3 Å². The van der Waals surface area contributed by atoms with Crippen LogP contribution in [0.5, 0.6) is 0 Å². The number of anilines is 2. The van der Waals surface area contributed by atoms with Crippen molar-refractivity contribution in [3.05, 3.63) is 53.9 Å². The molecule has 0 aliphatic rings. The zero-order valence-electron chi connectivity index (χ0n) is 21.6.